The lowest BCUT2D eigenvalue weighted by Crippen LogP contribution is -1.96. The predicted octanol–water partition coefficient (Wildman–Crippen LogP) is 9.53. The molecule has 0 aliphatic rings. The zero-order valence-corrected chi connectivity index (χ0v) is 20.1. The monoisotopic (exact) mass is 483 g/mol. The van der Waals surface area contributed by atoms with Gasteiger partial charge in [-0.1, -0.05) is 48.5 Å². The van der Waals surface area contributed by atoms with Crippen molar-refractivity contribution in [1.29, 1.82) is 0 Å². The molecule has 0 saturated heterocycles. The third kappa shape index (κ3) is 2.96. The van der Waals surface area contributed by atoms with E-state index in [1.165, 1.54) is 0 Å². The molecule has 174 valence electrons. The fourth-order valence-corrected chi connectivity index (χ4v) is 5.57. The molecule has 5 aromatic carbocycles. The molecule has 0 bridgehead atoms. The van der Waals surface area contributed by atoms with E-state index in [0.717, 1.165) is 55.0 Å². The standard InChI is InChI=1S/C33H17N5/c1-34-21-8-6-9-24(18-21)37-30-17-15-23(36-3)20-27(30)33-31(37)12-7-13-32(33)38-28-11-5-4-10-25(28)26-19-22(35-2)14-16-29(26)38/h4-20H. The van der Waals surface area contributed by atoms with Gasteiger partial charge in [0.2, 0.25) is 0 Å². The van der Waals surface area contributed by atoms with Crippen LogP contribution in [0.4, 0.5) is 17.1 Å². The topological polar surface area (TPSA) is 22.9 Å². The van der Waals surface area contributed by atoms with Crippen molar-refractivity contribution in [2.24, 2.45) is 0 Å². The quantitative estimate of drug-likeness (QED) is 0.219. The zero-order valence-electron chi connectivity index (χ0n) is 20.1. The molecule has 0 amide bonds. The molecule has 0 unspecified atom stereocenters. The number of para-hydroxylation sites is 1. The number of rotatable bonds is 2. The van der Waals surface area contributed by atoms with Gasteiger partial charge in [0.1, 0.15) is 0 Å². The molecule has 5 heteroatoms. The van der Waals surface area contributed by atoms with Crippen LogP contribution in [0.1, 0.15) is 0 Å². The number of benzene rings is 5. The van der Waals surface area contributed by atoms with Crippen LogP contribution in [-0.4, -0.2) is 9.13 Å². The van der Waals surface area contributed by atoms with Crippen LogP contribution in [-0.2, 0) is 0 Å². The molecule has 0 aliphatic heterocycles. The van der Waals surface area contributed by atoms with Crippen molar-refractivity contribution < 1.29 is 0 Å². The third-order valence-corrected chi connectivity index (χ3v) is 7.12. The summed E-state index contributed by atoms with van der Waals surface area (Å²) in [6.07, 6.45) is 0. The maximum atomic E-state index is 7.65. The van der Waals surface area contributed by atoms with Crippen LogP contribution >= 0.6 is 0 Å². The van der Waals surface area contributed by atoms with Gasteiger partial charge in [-0.25, -0.2) is 14.5 Å². The highest BCUT2D eigenvalue weighted by Gasteiger charge is 2.20. The van der Waals surface area contributed by atoms with Crippen LogP contribution in [0.5, 0.6) is 0 Å². The number of hydrogen-bond donors (Lipinski definition) is 0. The lowest BCUT2D eigenvalue weighted by Gasteiger charge is -2.12. The van der Waals surface area contributed by atoms with E-state index < -0.39 is 0 Å². The Morgan fingerprint density at radius 3 is 1.82 bits per heavy atom. The van der Waals surface area contributed by atoms with E-state index in [0.29, 0.717) is 17.1 Å². The normalized spacial score (nSPS) is 11.1. The Morgan fingerprint density at radius 1 is 0.447 bits per heavy atom. The summed E-state index contributed by atoms with van der Waals surface area (Å²) in [5, 5.41) is 4.11. The lowest BCUT2D eigenvalue weighted by atomic mass is 10.1. The van der Waals surface area contributed by atoms with Crippen LogP contribution in [0.3, 0.4) is 0 Å². The van der Waals surface area contributed by atoms with Gasteiger partial charge in [0.05, 0.1) is 47.5 Å². The summed E-state index contributed by atoms with van der Waals surface area (Å²) in [4.78, 5) is 11.0. The highest BCUT2D eigenvalue weighted by atomic mass is 15.0. The summed E-state index contributed by atoms with van der Waals surface area (Å²) in [6.45, 7) is 22.7. The average molecular weight is 484 g/mol. The molecular weight excluding hydrogens is 466 g/mol. The Balaban J connectivity index is 1.68. The molecule has 38 heavy (non-hydrogen) atoms. The summed E-state index contributed by atoms with van der Waals surface area (Å²) >= 11 is 0. The van der Waals surface area contributed by atoms with Gasteiger partial charge in [0, 0.05) is 16.5 Å². The van der Waals surface area contributed by atoms with E-state index in [-0.39, 0.29) is 0 Å². The van der Waals surface area contributed by atoms with Crippen molar-refractivity contribution >= 4 is 60.7 Å². The van der Waals surface area contributed by atoms with Crippen LogP contribution in [0.2, 0.25) is 0 Å². The van der Waals surface area contributed by atoms with Gasteiger partial charge in [-0.2, -0.15) is 0 Å². The molecule has 2 aromatic heterocycles. The van der Waals surface area contributed by atoms with Gasteiger partial charge in [-0.3, -0.25) is 0 Å². The summed E-state index contributed by atoms with van der Waals surface area (Å²) < 4.78 is 4.42. The summed E-state index contributed by atoms with van der Waals surface area (Å²) in [6, 6.07) is 33.7. The van der Waals surface area contributed by atoms with E-state index in [1.807, 2.05) is 72.8 Å². The minimum absolute atomic E-state index is 0.574. The zero-order chi connectivity index (χ0) is 25.8. The number of nitrogens with zero attached hydrogens (tertiary/aromatic N) is 5. The summed E-state index contributed by atoms with van der Waals surface area (Å²) in [5.74, 6) is 0. The minimum atomic E-state index is 0.574. The first-order valence-corrected chi connectivity index (χ1v) is 12.1. The SMILES string of the molecule is [C-]#[N+]c1cccc(-n2c3ccc([N+]#[C-])cc3c3c(-n4c5ccccc5c5cc([N+]#[C-])ccc54)cccc32)c1. The van der Waals surface area contributed by atoms with Gasteiger partial charge < -0.3 is 9.13 Å². The number of fused-ring (bicyclic) bond motifs is 6. The van der Waals surface area contributed by atoms with Crippen molar-refractivity contribution in [3.8, 4) is 11.4 Å². The Morgan fingerprint density at radius 2 is 1.05 bits per heavy atom. The first-order chi connectivity index (χ1) is 18.7. The van der Waals surface area contributed by atoms with Crippen molar-refractivity contribution in [3.05, 3.63) is 137 Å². The molecule has 0 atom stereocenters. The van der Waals surface area contributed by atoms with Crippen LogP contribution in [0, 0.1) is 19.7 Å². The van der Waals surface area contributed by atoms with E-state index in [9.17, 15) is 0 Å². The maximum Gasteiger partial charge on any atom is 0.189 e. The molecule has 2 heterocycles. The molecule has 0 aliphatic carbocycles. The lowest BCUT2D eigenvalue weighted by molar-refractivity contribution is 1.17. The number of aromatic nitrogens is 2. The summed E-state index contributed by atoms with van der Waals surface area (Å²) in [7, 11) is 0. The Labute approximate surface area is 218 Å². The van der Waals surface area contributed by atoms with Gasteiger partial charge in [0.25, 0.3) is 0 Å². The van der Waals surface area contributed by atoms with Gasteiger partial charge in [0.15, 0.2) is 17.1 Å². The van der Waals surface area contributed by atoms with Crippen molar-refractivity contribution in [3.63, 3.8) is 0 Å². The molecule has 0 spiro atoms. The molecule has 5 nitrogen and oxygen atoms in total. The van der Waals surface area contributed by atoms with Gasteiger partial charge in [-0.05, 0) is 65.4 Å². The second-order valence-corrected chi connectivity index (χ2v) is 9.12. The highest BCUT2D eigenvalue weighted by Crippen LogP contribution is 2.41. The highest BCUT2D eigenvalue weighted by molar-refractivity contribution is 6.17. The van der Waals surface area contributed by atoms with Crippen LogP contribution in [0.25, 0.3) is 69.5 Å². The van der Waals surface area contributed by atoms with E-state index in [2.05, 4.69) is 54.0 Å². The second-order valence-electron chi connectivity index (χ2n) is 9.12. The van der Waals surface area contributed by atoms with Crippen LogP contribution < -0.4 is 0 Å². The second kappa shape index (κ2) is 8.10. The van der Waals surface area contributed by atoms with Crippen molar-refractivity contribution in [2.45, 2.75) is 0 Å². The number of hydrogen-bond acceptors (Lipinski definition) is 0. The predicted molar refractivity (Wildman–Crippen MR) is 154 cm³/mol. The van der Waals surface area contributed by atoms with Gasteiger partial charge in [-0.15, -0.1) is 0 Å². The largest absolute Gasteiger partial charge is 0.311 e. The van der Waals surface area contributed by atoms with Crippen molar-refractivity contribution in [2.75, 3.05) is 0 Å². The molecule has 0 radical (unpaired) electrons. The summed E-state index contributed by atoms with van der Waals surface area (Å²) in [5.41, 5.74) is 7.68. The van der Waals surface area contributed by atoms with Crippen molar-refractivity contribution in [1.82, 2.24) is 9.13 Å². The Bertz CT molecular complexity index is 2230. The van der Waals surface area contributed by atoms with Crippen LogP contribution in [0.15, 0.2) is 103 Å². The van der Waals surface area contributed by atoms with E-state index in [1.54, 1.807) is 0 Å². The molecule has 0 saturated carbocycles. The molecule has 0 fully saturated rings. The third-order valence-electron chi connectivity index (χ3n) is 7.12. The smallest absolute Gasteiger partial charge is 0.189 e. The first-order valence-electron chi connectivity index (χ1n) is 12.1. The molecule has 0 N–H and O–H groups in total. The van der Waals surface area contributed by atoms with E-state index >= 15 is 0 Å². The van der Waals surface area contributed by atoms with Gasteiger partial charge >= 0.3 is 0 Å². The minimum Gasteiger partial charge on any atom is -0.311 e. The molecule has 7 rings (SSSR count). The fraction of sp³-hybridized carbons (Fsp3) is 0. The Kier molecular flexibility index (Phi) is 4.57. The molecule has 7 aromatic rings. The first kappa shape index (κ1) is 21.5. The average Bonchev–Trinajstić information content (AvgIpc) is 3.49. The Hall–Kier alpha value is -5.83. The van der Waals surface area contributed by atoms with E-state index in [4.69, 9.17) is 19.7 Å². The maximum absolute atomic E-state index is 7.65. The molecular formula is C33H17N5. The fourth-order valence-electron chi connectivity index (χ4n) is 5.57.